The Balaban J connectivity index is 1.61. The van der Waals surface area contributed by atoms with Crippen LogP contribution in [-0.4, -0.2) is 69.9 Å². The maximum Gasteiger partial charge on any atom is 0.338 e. The van der Waals surface area contributed by atoms with Crippen LogP contribution in [-0.2, 0) is 24.3 Å². The van der Waals surface area contributed by atoms with Crippen LogP contribution in [0, 0.1) is 0 Å². The normalized spacial score (nSPS) is 22.3. The van der Waals surface area contributed by atoms with Gasteiger partial charge in [-0.1, -0.05) is 6.07 Å². The Morgan fingerprint density at radius 1 is 1.31 bits per heavy atom. The molecule has 26 heavy (non-hydrogen) atoms. The van der Waals surface area contributed by atoms with Gasteiger partial charge in [0.1, 0.15) is 0 Å². The number of hydrogen-bond acceptors (Lipinski definition) is 6. The minimum Gasteiger partial charge on any atom is -0.452 e. The van der Waals surface area contributed by atoms with Gasteiger partial charge in [0.2, 0.25) is 10.0 Å². The molecule has 0 spiro atoms. The zero-order chi connectivity index (χ0) is 18.7. The zero-order valence-electron chi connectivity index (χ0n) is 14.6. The van der Waals surface area contributed by atoms with Gasteiger partial charge in [0.25, 0.3) is 5.91 Å². The molecule has 0 aromatic heterocycles. The van der Waals surface area contributed by atoms with Crippen LogP contribution in [0.25, 0.3) is 0 Å². The SMILES string of the molecule is CC1CN(C(=O)COC(=O)c2cccc(N3CCCS3(=O)=O)c2)CCO1. The van der Waals surface area contributed by atoms with Gasteiger partial charge in [0, 0.05) is 19.6 Å². The third kappa shape index (κ3) is 4.16. The number of nitrogens with zero attached hydrogens (tertiary/aromatic N) is 2. The van der Waals surface area contributed by atoms with Crippen molar-refractivity contribution in [3.05, 3.63) is 29.8 Å². The predicted molar refractivity (Wildman–Crippen MR) is 94.5 cm³/mol. The molecular formula is C17H22N2O6S. The molecule has 9 heteroatoms. The Labute approximate surface area is 152 Å². The van der Waals surface area contributed by atoms with Crippen molar-refractivity contribution in [2.45, 2.75) is 19.4 Å². The van der Waals surface area contributed by atoms with Crippen LogP contribution in [0.15, 0.2) is 24.3 Å². The van der Waals surface area contributed by atoms with Gasteiger partial charge in [-0.15, -0.1) is 0 Å². The van der Waals surface area contributed by atoms with E-state index >= 15 is 0 Å². The lowest BCUT2D eigenvalue weighted by Gasteiger charge is -2.30. The molecule has 0 bridgehead atoms. The second-order valence-electron chi connectivity index (χ2n) is 6.39. The number of amides is 1. The van der Waals surface area contributed by atoms with Gasteiger partial charge in [-0.05, 0) is 31.5 Å². The number of hydrogen-bond donors (Lipinski definition) is 0. The van der Waals surface area contributed by atoms with Crippen molar-refractivity contribution >= 4 is 27.6 Å². The van der Waals surface area contributed by atoms with E-state index in [2.05, 4.69) is 0 Å². The molecule has 8 nitrogen and oxygen atoms in total. The summed E-state index contributed by atoms with van der Waals surface area (Å²) in [6.45, 7) is 3.34. The van der Waals surface area contributed by atoms with Crippen LogP contribution in [0.4, 0.5) is 5.69 Å². The van der Waals surface area contributed by atoms with Crippen LogP contribution in [0.5, 0.6) is 0 Å². The molecule has 2 fully saturated rings. The molecule has 0 aliphatic carbocycles. The number of ether oxygens (including phenoxy) is 2. The molecule has 0 saturated carbocycles. The van der Waals surface area contributed by atoms with E-state index in [1.54, 1.807) is 17.0 Å². The highest BCUT2D eigenvalue weighted by Crippen LogP contribution is 2.25. The first-order chi connectivity index (χ1) is 12.4. The Kier molecular flexibility index (Phi) is 5.47. The lowest BCUT2D eigenvalue weighted by molar-refractivity contribution is -0.141. The average molecular weight is 382 g/mol. The fourth-order valence-corrected chi connectivity index (χ4v) is 4.62. The van der Waals surface area contributed by atoms with Crippen molar-refractivity contribution < 1.29 is 27.5 Å². The summed E-state index contributed by atoms with van der Waals surface area (Å²) < 4.78 is 35.8. The van der Waals surface area contributed by atoms with Gasteiger partial charge in [-0.2, -0.15) is 0 Å². The first-order valence-electron chi connectivity index (χ1n) is 8.54. The largest absolute Gasteiger partial charge is 0.452 e. The summed E-state index contributed by atoms with van der Waals surface area (Å²) in [5.41, 5.74) is 0.651. The maximum absolute atomic E-state index is 12.2. The average Bonchev–Trinajstić information content (AvgIpc) is 2.98. The summed E-state index contributed by atoms with van der Waals surface area (Å²) in [7, 11) is -3.32. The molecule has 1 aromatic carbocycles. The number of benzene rings is 1. The zero-order valence-corrected chi connectivity index (χ0v) is 15.4. The molecule has 1 unspecified atom stereocenters. The molecule has 0 radical (unpaired) electrons. The fourth-order valence-electron chi connectivity index (χ4n) is 3.06. The summed E-state index contributed by atoms with van der Waals surface area (Å²) in [6, 6.07) is 6.26. The van der Waals surface area contributed by atoms with E-state index in [0.717, 1.165) is 0 Å². The lowest BCUT2D eigenvalue weighted by Crippen LogP contribution is -2.46. The molecule has 142 valence electrons. The summed E-state index contributed by atoms with van der Waals surface area (Å²) >= 11 is 0. The topological polar surface area (TPSA) is 93.2 Å². The van der Waals surface area contributed by atoms with Crippen molar-refractivity contribution in [1.82, 2.24) is 4.90 Å². The first-order valence-corrected chi connectivity index (χ1v) is 10.1. The van der Waals surface area contributed by atoms with Gasteiger partial charge >= 0.3 is 5.97 Å². The number of morpholine rings is 1. The first kappa shape index (κ1) is 18.7. The summed E-state index contributed by atoms with van der Waals surface area (Å²) in [4.78, 5) is 26.0. The molecule has 2 saturated heterocycles. The van der Waals surface area contributed by atoms with Crippen molar-refractivity contribution in [3.8, 4) is 0 Å². The number of esters is 1. The number of sulfonamides is 1. The van der Waals surface area contributed by atoms with Gasteiger partial charge in [-0.3, -0.25) is 9.10 Å². The molecule has 2 heterocycles. The minimum absolute atomic E-state index is 0.0394. The second kappa shape index (κ2) is 7.63. The summed E-state index contributed by atoms with van der Waals surface area (Å²) in [5.74, 6) is -0.821. The van der Waals surface area contributed by atoms with Crippen LogP contribution in [0.3, 0.4) is 0 Å². The van der Waals surface area contributed by atoms with E-state index in [4.69, 9.17) is 9.47 Å². The van der Waals surface area contributed by atoms with Crippen molar-refractivity contribution in [3.63, 3.8) is 0 Å². The third-order valence-corrected chi connectivity index (χ3v) is 6.26. The highest BCUT2D eigenvalue weighted by atomic mass is 32.2. The van der Waals surface area contributed by atoms with Crippen LogP contribution >= 0.6 is 0 Å². The van der Waals surface area contributed by atoms with Crippen molar-refractivity contribution in [1.29, 1.82) is 0 Å². The number of carbonyl (C=O) groups excluding carboxylic acids is 2. The molecule has 2 aliphatic heterocycles. The summed E-state index contributed by atoms with van der Waals surface area (Å²) in [6.07, 6.45) is 0.520. The third-order valence-electron chi connectivity index (χ3n) is 4.39. The molecule has 0 N–H and O–H groups in total. The summed E-state index contributed by atoms with van der Waals surface area (Å²) in [5, 5.41) is 0. The van der Waals surface area contributed by atoms with E-state index in [0.29, 0.717) is 38.3 Å². The van der Waals surface area contributed by atoms with E-state index in [9.17, 15) is 18.0 Å². The number of carbonyl (C=O) groups is 2. The van der Waals surface area contributed by atoms with Crippen LogP contribution in [0.2, 0.25) is 0 Å². The minimum atomic E-state index is -3.32. The van der Waals surface area contributed by atoms with Gasteiger partial charge < -0.3 is 14.4 Å². The monoisotopic (exact) mass is 382 g/mol. The van der Waals surface area contributed by atoms with Gasteiger partial charge in [0.15, 0.2) is 6.61 Å². The van der Waals surface area contributed by atoms with Crippen LogP contribution < -0.4 is 4.31 Å². The molecule has 3 rings (SSSR count). The quantitative estimate of drug-likeness (QED) is 0.709. The van der Waals surface area contributed by atoms with Crippen LogP contribution in [0.1, 0.15) is 23.7 Å². The predicted octanol–water partition coefficient (Wildman–Crippen LogP) is 0.631. The smallest absolute Gasteiger partial charge is 0.338 e. The highest BCUT2D eigenvalue weighted by Gasteiger charge is 2.29. The highest BCUT2D eigenvalue weighted by molar-refractivity contribution is 7.93. The Morgan fingerprint density at radius 3 is 2.81 bits per heavy atom. The Bertz CT molecular complexity index is 794. The molecule has 2 aliphatic rings. The van der Waals surface area contributed by atoms with E-state index < -0.39 is 16.0 Å². The van der Waals surface area contributed by atoms with E-state index in [-0.39, 0.29) is 29.9 Å². The van der Waals surface area contributed by atoms with E-state index in [1.807, 2.05) is 6.92 Å². The van der Waals surface area contributed by atoms with Crippen molar-refractivity contribution in [2.24, 2.45) is 0 Å². The number of anilines is 1. The van der Waals surface area contributed by atoms with Gasteiger partial charge in [-0.25, -0.2) is 13.2 Å². The van der Waals surface area contributed by atoms with E-state index in [1.165, 1.54) is 16.4 Å². The Hall–Kier alpha value is -2.13. The van der Waals surface area contributed by atoms with Crippen molar-refractivity contribution in [2.75, 3.05) is 42.9 Å². The Morgan fingerprint density at radius 2 is 2.12 bits per heavy atom. The second-order valence-corrected chi connectivity index (χ2v) is 8.40. The molecule has 1 amide bonds. The standard InChI is InChI=1S/C17H22N2O6S/c1-13-11-18(7-8-24-13)16(20)12-25-17(21)14-4-2-5-15(10-14)19-6-3-9-26(19,22)23/h2,4-5,10,13H,3,6-9,11-12H2,1H3. The fraction of sp³-hybridized carbons (Fsp3) is 0.529. The molecule has 1 atom stereocenters. The number of rotatable bonds is 4. The van der Waals surface area contributed by atoms with Gasteiger partial charge in [0.05, 0.1) is 29.7 Å². The molecule has 1 aromatic rings. The molecular weight excluding hydrogens is 360 g/mol. The maximum atomic E-state index is 12.2. The lowest BCUT2D eigenvalue weighted by atomic mass is 10.2.